The molecule has 0 aliphatic carbocycles. The average Bonchev–Trinajstić information content (AvgIpc) is 2.12. The summed E-state index contributed by atoms with van der Waals surface area (Å²) in [5.41, 5.74) is 0. The van der Waals surface area contributed by atoms with Gasteiger partial charge in [0.05, 0.1) is 6.10 Å². The standard InChI is InChI=1S/C8H16F3N3O2/c1-6(15)4-12-2-3-13-7(16)14-5-8(9,10)11/h6,12,15H,2-5H2,1H3,(H2,13,14,16). The number of hydrogen-bond acceptors (Lipinski definition) is 3. The highest BCUT2D eigenvalue weighted by atomic mass is 19.4. The highest BCUT2D eigenvalue weighted by Gasteiger charge is 2.27. The van der Waals surface area contributed by atoms with Gasteiger partial charge in [-0.1, -0.05) is 0 Å². The number of aliphatic hydroxyl groups is 1. The first-order chi connectivity index (χ1) is 7.31. The van der Waals surface area contributed by atoms with Crippen LogP contribution in [-0.4, -0.2) is 49.6 Å². The van der Waals surface area contributed by atoms with Gasteiger partial charge in [0.2, 0.25) is 0 Å². The van der Waals surface area contributed by atoms with Crippen LogP contribution in [0.15, 0.2) is 0 Å². The lowest BCUT2D eigenvalue weighted by Crippen LogP contribution is -2.43. The van der Waals surface area contributed by atoms with Gasteiger partial charge >= 0.3 is 12.2 Å². The van der Waals surface area contributed by atoms with E-state index in [1.54, 1.807) is 12.2 Å². The van der Waals surface area contributed by atoms with Gasteiger partial charge in [-0.05, 0) is 6.92 Å². The maximum absolute atomic E-state index is 11.7. The zero-order valence-electron chi connectivity index (χ0n) is 8.90. The van der Waals surface area contributed by atoms with Crippen LogP contribution in [0.3, 0.4) is 0 Å². The average molecular weight is 243 g/mol. The van der Waals surface area contributed by atoms with Gasteiger partial charge in [0, 0.05) is 19.6 Å². The summed E-state index contributed by atoms with van der Waals surface area (Å²) in [7, 11) is 0. The van der Waals surface area contributed by atoms with Crippen LogP contribution in [0, 0.1) is 0 Å². The molecule has 0 fully saturated rings. The van der Waals surface area contributed by atoms with Crippen molar-refractivity contribution in [2.45, 2.75) is 19.2 Å². The number of carbonyl (C=O) groups excluding carboxylic acids is 1. The van der Waals surface area contributed by atoms with Crippen LogP contribution in [0.25, 0.3) is 0 Å². The molecule has 96 valence electrons. The molecule has 0 heterocycles. The Morgan fingerprint density at radius 3 is 2.44 bits per heavy atom. The van der Waals surface area contributed by atoms with Crippen molar-refractivity contribution in [3.05, 3.63) is 0 Å². The zero-order valence-corrected chi connectivity index (χ0v) is 8.90. The highest BCUT2D eigenvalue weighted by Crippen LogP contribution is 2.11. The third-order valence-corrected chi connectivity index (χ3v) is 1.48. The lowest BCUT2D eigenvalue weighted by atomic mass is 10.4. The van der Waals surface area contributed by atoms with E-state index in [0.29, 0.717) is 13.1 Å². The largest absolute Gasteiger partial charge is 0.405 e. The lowest BCUT2D eigenvalue weighted by Gasteiger charge is -2.10. The summed E-state index contributed by atoms with van der Waals surface area (Å²) >= 11 is 0. The molecule has 0 saturated carbocycles. The smallest absolute Gasteiger partial charge is 0.392 e. The van der Waals surface area contributed by atoms with E-state index >= 15 is 0 Å². The fourth-order valence-corrected chi connectivity index (χ4v) is 0.818. The Labute approximate surface area is 91.4 Å². The molecular formula is C8H16F3N3O2. The number of alkyl halides is 3. The van der Waals surface area contributed by atoms with Crippen LogP contribution in [0.4, 0.5) is 18.0 Å². The van der Waals surface area contributed by atoms with Gasteiger partial charge < -0.3 is 21.1 Å². The highest BCUT2D eigenvalue weighted by molar-refractivity contribution is 5.73. The Bertz CT molecular complexity index is 209. The summed E-state index contributed by atoms with van der Waals surface area (Å²) in [6.07, 6.45) is -4.90. The summed E-state index contributed by atoms with van der Waals surface area (Å²) in [6.45, 7) is 1.18. The van der Waals surface area contributed by atoms with Gasteiger partial charge in [-0.2, -0.15) is 13.2 Å². The van der Waals surface area contributed by atoms with Crippen LogP contribution in [0.5, 0.6) is 0 Å². The molecule has 0 aromatic heterocycles. The number of carbonyl (C=O) groups is 1. The van der Waals surface area contributed by atoms with Crippen molar-refractivity contribution in [2.75, 3.05) is 26.2 Å². The number of nitrogens with one attached hydrogen (secondary N) is 3. The monoisotopic (exact) mass is 243 g/mol. The third kappa shape index (κ3) is 11.1. The molecule has 0 rings (SSSR count). The number of hydrogen-bond donors (Lipinski definition) is 4. The molecule has 0 bridgehead atoms. The van der Waals surface area contributed by atoms with E-state index in [0.717, 1.165) is 0 Å². The second-order valence-electron chi connectivity index (χ2n) is 3.28. The summed E-state index contributed by atoms with van der Waals surface area (Å²) in [6, 6.07) is -0.865. The predicted molar refractivity (Wildman–Crippen MR) is 52.0 cm³/mol. The van der Waals surface area contributed by atoms with E-state index in [1.807, 2.05) is 0 Å². The molecule has 1 unspecified atom stereocenters. The minimum absolute atomic E-state index is 0.191. The summed E-state index contributed by atoms with van der Waals surface area (Å²) in [4.78, 5) is 10.8. The van der Waals surface area contributed by atoms with E-state index in [9.17, 15) is 18.0 Å². The van der Waals surface area contributed by atoms with Crippen molar-refractivity contribution in [1.29, 1.82) is 0 Å². The van der Waals surface area contributed by atoms with Crippen LogP contribution >= 0.6 is 0 Å². The Hall–Kier alpha value is -1.02. The van der Waals surface area contributed by atoms with Gasteiger partial charge in [-0.15, -0.1) is 0 Å². The van der Waals surface area contributed by atoms with Crippen molar-refractivity contribution in [1.82, 2.24) is 16.0 Å². The minimum atomic E-state index is -4.40. The molecular weight excluding hydrogens is 227 g/mol. The molecule has 0 spiro atoms. The molecule has 0 aromatic rings. The Morgan fingerprint density at radius 2 is 1.94 bits per heavy atom. The fourth-order valence-electron chi connectivity index (χ4n) is 0.818. The molecule has 0 aliphatic heterocycles. The molecule has 8 heteroatoms. The Kier molecular flexibility index (Phi) is 6.82. The summed E-state index contributed by atoms with van der Waals surface area (Å²) in [5, 5.41) is 15.6. The summed E-state index contributed by atoms with van der Waals surface area (Å²) in [5.74, 6) is 0. The van der Waals surface area contributed by atoms with E-state index in [-0.39, 0.29) is 6.54 Å². The first-order valence-corrected chi connectivity index (χ1v) is 4.78. The number of aliphatic hydroxyl groups excluding tert-OH is 1. The molecule has 0 aliphatic rings. The SMILES string of the molecule is CC(O)CNCCNC(=O)NCC(F)(F)F. The molecule has 0 radical (unpaired) electrons. The van der Waals surface area contributed by atoms with E-state index in [1.165, 1.54) is 0 Å². The second-order valence-corrected chi connectivity index (χ2v) is 3.28. The van der Waals surface area contributed by atoms with Crippen molar-refractivity contribution in [3.63, 3.8) is 0 Å². The number of halogens is 3. The topological polar surface area (TPSA) is 73.4 Å². The first kappa shape index (κ1) is 15.0. The van der Waals surface area contributed by atoms with Gasteiger partial charge in [0.25, 0.3) is 0 Å². The molecule has 0 aromatic carbocycles. The fraction of sp³-hybridized carbons (Fsp3) is 0.875. The molecule has 16 heavy (non-hydrogen) atoms. The van der Waals surface area contributed by atoms with Crippen LogP contribution < -0.4 is 16.0 Å². The Morgan fingerprint density at radius 1 is 1.31 bits per heavy atom. The van der Waals surface area contributed by atoms with Crippen molar-refractivity contribution >= 4 is 6.03 Å². The van der Waals surface area contributed by atoms with Gasteiger partial charge in [-0.25, -0.2) is 4.79 Å². The maximum atomic E-state index is 11.7. The van der Waals surface area contributed by atoms with Crippen LogP contribution in [0.2, 0.25) is 0 Å². The molecule has 2 amide bonds. The number of amides is 2. The number of urea groups is 1. The molecule has 5 nitrogen and oxygen atoms in total. The molecule has 1 atom stereocenters. The second kappa shape index (κ2) is 7.29. The van der Waals surface area contributed by atoms with E-state index < -0.39 is 24.9 Å². The van der Waals surface area contributed by atoms with Crippen LogP contribution in [0.1, 0.15) is 6.92 Å². The lowest BCUT2D eigenvalue weighted by molar-refractivity contribution is -0.122. The number of rotatable bonds is 6. The van der Waals surface area contributed by atoms with Gasteiger partial charge in [0.1, 0.15) is 6.54 Å². The first-order valence-electron chi connectivity index (χ1n) is 4.78. The van der Waals surface area contributed by atoms with Gasteiger partial charge in [-0.3, -0.25) is 0 Å². The summed E-state index contributed by atoms with van der Waals surface area (Å²) < 4.78 is 35.0. The van der Waals surface area contributed by atoms with Crippen molar-refractivity contribution in [3.8, 4) is 0 Å². The zero-order chi connectivity index (χ0) is 12.6. The van der Waals surface area contributed by atoms with E-state index in [4.69, 9.17) is 5.11 Å². The van der Waals surface area contributed by atoms with Crippen molar-refractivity contribution < 1.29 is 23.1 Å². The molecule has 4 N–H and O–H groups in total. The quantitative estimate of drug-likeness (QED) is 0.489. The van der Waals surface area contributed by atoms with Crippen molar-refractivity contribution in [2.24, 2.45) is 0 Å². The normalized spacial score (nSPS) is 13.3. The Balaban J connectivity index is 3.38. The van der Waals surface area contributed by atoms with Crippen LogP contribution in [-0.2, 0) is 0 Å². The third-order valence-electron chi connectivity index (χ3n) is 1.48. The van der Waals surface area contributed by atoms with E-state index in [2.05, 4.69) is 10.6 Å². The molecule has 0 saturated heterocycles. The maximum Gasteiger partial charge on any atom is 0.405 e. The van der Waals surface area contributed by atoms with Gasteiger partial charge in [0.15, 0.2) is 0 Å². The predicted octanol–water partition coefficient (Wildman–Crippen LogP) is -0.182. The minimum Gasteiger partial charge on any atom is -0.392 e.